The van der Waals surface area contributed by atoms with Crippen LogP contribution in [0.4, 0.5) is 21.8 Å². The van der Waals surface area contributed by atoms with Gasteiger partial charge in [0.15, 0.2) is 5.82 Å². The number of aromatic nitrogens is 3. The fourth-order valence-corrected chi connectivity index (χ4v) is 1.42. The Labute approximate surface area is 110 Å². The molecule has 0 aliphatic rings. The molecule has 0 fully saturated rings. The number of benzene rings is 1. The first-order chi connectivity index (χ1) is 9.28. The maximum atomic E-state index is 13.0. The molecule has 6 nitrogen and oxygen atoms in total. The molecule has 1 aromatic heterocycles. The molecule has 7 heteroatoms. The van der Waals surface area contributed by atoms with Crippen molar-refractivity contribution < 1.29 is 9.13 Å². The van der Waals surface area contributed by atoms with E-state index in [1.807, 2.05) is 0 Å². The van der Waals surface area contributed by atoms with E-state index in [0.717, 1.165) is 0 Å². The Balaban J connectivity index is 2.02. The van der Waals surface area contributed by atoms with Crippen molar-refractivity contribution in [3.05, 3.63) is 36.3 Å². The summed E-state index contributed by atoms with van der Waals surface area (Å²) in [5.74, 6) is 0.560. The second-order valence-electron chi connectivity index (χ2n) is 3.72. The Hall–Kier alpha value is -2.28. The SMILES string of the molecule is COCCNc1nncc(Nc2cccc(F)c2)n1. The van der Waals surface area contributed by atoms with Gasteiger partial charge in [-0.1, -0.05) is 6.07 Å². The van der Waals surface area contributed by atoms with Gasteiger partial charge in [0.25, 0.3) is 0 Å². The summed E-state index contributed by atoms with van der Waals surface area (Å²) < 4.78 is 17.9. The molecule has 100 valence electrons. The van der Waals surface area contributed by atoms with Crippen molar-refractivity contribution in [1.29, 1.82) is 0 Å². The lowest BCUT2D eigenvalue weighted by Crippen LogP contribution is -2.11. The van der Waals surface area contributed by atoms with E-state index in [-0.39, 0.29) is 5.82 Å². The van der Waals surface area contributed by atoms with Crippen molar-refractivity contribution in [2.24, 2.45) is 0 Å². The number of rotatable bonds is 6. The van der Waals surface area contributed by atoms with Crippen LogP contribution in [0.2, 0.25) is 0 Å². The minimum atomic E-state index is -0.314. The second kappa shape index (κ2) is 6.60. The van der Waals surface area contributed by atoms with Gasteiger partial charge in [0, 0.05) is 19.3 Å². The van der Waals surface area contributed by atoms with Gasteiger partial charge in [-0.3, -0.25) is 0 Å². The number of ether oxygens (including phenoxy) is 1. The van der Waals surface area contributed by atoms with Crippen molar-refractivity contribution in [3.63, 3.8) is 0 Å². The van der Waals surface area contributed by atoms with Gasteiger partial charge in [-0.05, 0) is 18.2 Å². The number of hydrogen-bond donors (Lipinski definition) is 2. The molecule has 0 saturated carbocycles. The Morgan fingerprint density at radius 1 is 1.37 bits per heavy atom. The minimum Gasteiger partial charge on any atom is -0.383 e. The first-order valence-electron chi connectivity index (χ1n) is 5.73. The standard InChI is InChI=1S/C12H14FN5O/c1-19-6-5-14-12-17-11(8-15-18-12)16-10-4-2-3-9(13)7-10/h2-4,7-8H,5-6H2,1H3,(H2,14,16,17,18). The van der Waals surface area contributed by atoms with E-state index in [2.05, 4.69) is 25.8 Å². The summed E-state index contributed by atoms with van der Waals surface area (Å²) in [6, 6.07) is 6.11. The number of hydrogen-bond acceptors (Lipinski definition) is 6. The van der Waals surface area contributed by atoms with Crippen LogP contribution in [0.5, 0.6) is 0 Å². The molecule has 0 aliphatic heterocycles. The molecule has 2 N–H and O–H groups in total. The lowest BCUT2D eigenvalue weighted by molar-refractivity contribution is 0.210. The highest BCUT2D eigenvalue weighted by atomic mass is 19.1. The third-order valence-electron chi connectivity index (χ3n) is 2.25. The number of nitrogens with zero attached hydrogens (tertiary/aromatic N) is 3. The molecule has 0 atom stereocenters. The highest BCUT2D eigenvalue weighted by Crippen LogP contribution is 2.15. The minimum absolute atomic E-state index is 0.314. The first kappa shape index (κ1) is 13.2. The second-order valence-corrected chi connectivity index (χ2v) is 3.72. The average Bonchev–Trinajstić information content (AvgIpc) is 2.39. The Morgan fingerprint density at radius 3 is 3.05 bits per heavy atom. The van der Waals surface area contributed by atoms with Crippen LogP contribution in [-0.4, -0.2) is 35.4 Å². The molecule has 0 radical (unpaired) electrons. The maximum Gasteiger partial charge on any atom is 0.244 e. The zero-order valence-corrected chi connectivity index (χ0v) is 10.4. The van der Waals surface area contributed by atoms with Crippen molar-refractivity contribution in [1.82, 2.24) is 15.2 Å². The summed E-state index contributed by atoms with van der Waals surface area (Å²) in [7, 11) is 1.61. The van der Waals surface area contributed by atoms with Gasteiger partial charge in [-0.15, -0.1) is 5.10 Å². The molecule has 0 saturated heterocycles. The van der Waals surface area contributed by atoms with Crippen molar-refractivity contribution in [2.45, 2.75) is 0 Å². The maximum absolute atomic E-state index is 13.0. The van der Waals surface area contributed by atoms with Crippen molar-refractivity contribution in [2.75, 3.05) is 30.9 Å². The van der Waals surface area contributed by atoms with Gasteiger partial charge >= 0.3 is 0 Å². The molecule has 0 spiro atoms. The molecule has 0 bridgehead atoms. The normalized spacial score (nSPS) is 10.2. The van der Waals surface area contributed by atoms with Crippen LogP contribution in [0.1, 0.15) is 0 Å². The van der Waals surface area contributed by atoms with Crippen molar-refractivity contribution >= 4 is 17.5 Å². The summed E-state index contributed by atoms with van der Waals surface area (Å²) in [6.07, 6.45) is 1.46. The van der Waals surface area contributed by atoms with Crippen LogP contribution < -0.4 is 10.6 Å². The zero-order chi connectivity index (χ0) is 13.5. The summed E-state index contributed by atoms with van der Waals surface area (Å²) in [5.41, 5.74) is 0.600. The summed E-state index contributed by atoms with van der Waals surface area (Å²) in [5, 5.41) is 13.5. The van der Waals surface area contributed by atoms with Gasteiger partial charge in [-0.25, -0.2) is 4.39 Å². The van der Waals surface area contributed by atoms with Crippen LogP contribution in [0.15, 0.2) is 30.5 Å². The van der Waals surface area contributed by atoms with Crippen LogP contribution in [0.25, 0.3) is 0 Å². The number of anilines is 3. The number of methoxy groups -OCH3 is 1. The number of nitrogens with one attached hydrogen (secondary N) is 2. The fourth-order valence-electron chi connectivity index (χ4n) is 1.42. The highest BCUT2D eigenvalue weighted by Gasteiger charge is 2.01. The average molecular weight is 263 g/mol. The largest absolute Gasteiger partial charge is 0.383 e. The van der Waals surface area contributed by atoms with Crippen LogP contribution in [0, 0.1) is 5.82 Å². The summed E-state index contributed by atoms with van der Waals surface area (Å²) >= 11 is 0. The van der Waals surface area contributed by atoms with E-state index < -0.39 is 0 Å². The fraction of sp³-hybridized carbons (Fsp3) is 0.250. The molecule has 1 heterocycles. The van der Waals surface area contributed by atoms with Gasteiger partial charge < -0.3 is 15.4 Å². The molecule has 2 rings (SSSR count). The van der Waals surface area contributed by atoms with Gasteiger partial charge in [0.05, 0.1) is 12.8 Å². The Kier molecular flexibility index (Phi) is 4.57. The Morgan fingerprint density at radius 2 is 2.26 bits per heavy atom. The van der Waals surface area contributed by atoms with Crippen LogP contribution >= 0.6 is 0 Å². The monoisotopic (exact) mass is 263 g/mol. The summed E-state index contributed by atoms with van der Waals surface area (Å²) in [6.45, 7) is 1.13. The van der Waals surface area contributed by atoms with Crippen LogP contribution in [0.3, 0.4) is 0 Å². The first-order valence-corrected chi connectivity index (χ1v) is 5.73. The highest BCUT2D eigenvalue weighted by molar-refractivity contribution is 5.55. The molecule has 2 aromatic rings. The predicted octanol–water partition coefficient (Wildman–Crippen LogP) is 1.81. The zero-order valence-electron chi connectivity index (χ0n) is 10.4. The van der Waals surface area contributed by atoms with Crippen LogP contribution in [-0.2, 0) is 4.74 Å². The van der Waals surface area contributed by atoms with E-state index in [9.17, 15) is 4.39 Å². The van der Waals surface area contributed by atoms with E-state index in [4.69, 9.17) is 4.74 Å². The molecular weight excluding hydrogens is 249 g/mol. The smallest absolute Gasteiger partial charge is 0.244 e. The van der Waals surface area contributed by atoms with Gasteiger partial charge in [0.1, 0.15) is 5.82 Å². The lowest BCUT2D eigenvalue weighted by atomic mass is 10.3. The number of halogens is 1. The predicted molar refractivity (Wildman–Crippen MR) is 69.9 cm³/mol. The quantitative estimate of drug-likeness (QED) is 0.774. The van der Waals surface area contributed by atoms with Gasteiger partial charge in [0.2, 0.25) is 5.95 Å². The van der Waals surface area contributed by atoms with E-state index in [0.29, 0.717) is 30.6 Å². The molecular formula is C12H14FN5O. The summed E-state index contributed by atoms with van der Waals surface area (Å²) in [4.78, 5) is 4.20. The molecule has 0 amide bonds. The lowest BCUT2D eigenvalue weighted by Gasteiger charge is -2.07. The Bertz CT molecular complexity index is 537. The van der Waals surface area contributed by atoms with Crippen molar-refractivity contribution in [3.8, 4) is 0 Å². The molecule has 0 aliphatic carbocycles. The topological polar surface area (TPSA) is 72.0 Å². The van der Waals surface area contributed by atoms with E-state index in [1.165, 1.54) is 18.3 Å². The van der Waals surface area contributed by atoms with E-state index >= 15 is 0 Å². The molecule has 1 aromatic carbocycles. The molecule has 19 heavy (non-hydrogen) atoms. The third-order valence-corrected chi connectivity index (χ3v) is 2.25. The van der Waals surface area contributed by atoms with Gasteiger partial charge in [-0.2, -0.15) is 10.1 Å². The molecule has 0 unspecified atom stereocenters. The van der Waals surface area contributed by atoms with E-state index in [1.54, 1.807) is 19.2 Å². The third kappa shape index (κ3) is 4.14.